The van der Waals surface area contributed by atoms with E-state index < -0.39 is 0 Å². The lowest BCUT2D eigenvalue weighted by Crippen LogP contribution is -2.18. The molecule has 0 aromatic heterocycles. The zero-order valence-corrected chi connectivity index (χ0v) is 9.14. The first-order valence-electron chi connectivity index (χ1n) is 5.31. The summed E-state index contributed by atoms with van der Waals surface area (Å²) < 4.78 is 0. The minimum absolute atomic E-state index is 0.212. The van der Waals surface area contributed by atoms with Crippen molar-refractivity contribution in [2.45, 2.75) is 40.0 Å². The minimum Gasteiger partial charge on any atom is -0.396 e. The Balaban J connectivity index is 2.69. The van der Waals surface area contributed by atoms with E-state index in [1.165, 1.54) is 18.4 Å². The van der Waals surface area contributed by atoms with Gasteiger partial charge >= 0.3 is 0 Å². The highest BCUT2D eigenvalue weighted by atomic mass is 16.3. The maximum Gasteiger partial charge on any atom is 0.0439 e. The molecule has 0 bridgehead atoms. The van der Waals surface area contributed by atoms with Crippen LogP contribution in [0.2, 0.25) is 0 Å². The molecule has 1 heteroatoms. The highest BCUT2D eigenvalue weighted by molar-refractivity contribution is 5.18. The Hall–Kier alpha value is -0.300. The van der Waals surface area contributed by atoms with Gasteiger partial charge in [-0.15, -0.1) is 0 Å². The van der Waals surface area contributed by atoms with Crippen LogP contribution in [0.5, 0.6) is 0 Å². The van der Waals surface area contributed by atoms with Gasteiger partial charge in [-0.05, 0) is 36.5 Å². The van der Waals surface area contributed by atoms with Gasteiger partial charge in [-0.2, -0.15) is 0 Å². The number of aliphatic hydroxyl groups excluding tert-OH is 1. The van der Waals surface area contributed by atoms with Gasteiger partial charge in [-0.25, -0.2) is 0 Å². The molecule has 1 saturated carbocycles. The van der Waals surface area contributed by atoms with Crippen LogP contribution in [0.4, 0.5) is 0 Å². The average molecular weight is 182 g/mol. The fraction of sp³-hybridized carbons (Fsp3) is 0.833. The molecule has 13 heavy (non-hydrogen) atoms. The molecule has 1 N–H and O–H groups in total. The maximum atomic E-state index is 8.99. The van der Waals surface area contributed by atoms with Crippen molar-refractivity contribution in [2.24, 2.45) is 17.3 Å². The highest BCUT2D eigenvalue weighted by Crippen LogP contribution is 2.49. The summed E-state index contributed by atoms with van der Waals surface area (Å²) in [6, 6.07) is 0. The molecule has 0 aliphatic heterocycles. The van der Waals surface area contributed by atoms with Crippen molar-refractivity contribution >= 4 is 0 Å². The van der Waals surface area contributed by atoms with Crippen molar-refractivity contribution < 1.29 is 5.11 Å². The number of rotatable bonds is 3. The molecule has 1 aliphatic carbocycles. The van der Waals surface area contributed by atoms with Gasteiger partial charge in [0.1, 0.15) is 0 Å². The third-order valence-corrected chi connectivity index (χ3v) is 3.70. The van der Waals surface area contributed by atoms with Crippen molar-refractivity contribution in [3.8, 4) is 0 Å². The van der Waals surface area contributed by atoms with E-state index in [4.69, 9.17) is 5.11 Å². The maximum absolute atomic E-state index is 8.99. The highest BCUT2D eigenvalue weighted by Gasteiger charge is 2.39. The van der Waals surface area contributed by atoms with Crippen LogP contribution in [0.15, 0.2) is 12.2 Å². The fourth-order valence-corrected chi connectivity index (χ4v) is 2.52. The van der Waals surface area contributed by atoms with Gasteiger partial charge in [0.15, 0.2) is 0 Å². The van der Waals surface area contributed by atoms with E-state index in [0.717, 1.165) is 6.42 Å². The lowest BCUT2D eigenvalue weighted by molar-refractivity contribution is 0.225. The van der Waals surface area contributed by atoms with Crippen molar-refractivity contribution in [1.29, 1.82) is 0 Å². The van der Waals surface area contributed by atoms with Crippen molar-refractivity contribution in [3.63, 3.8) is 0 Å². The SMILES string of the molecule is C=C1[C@H](C(C)C)CC[C@]1(C)CCO. The van der Waals surface area contributed by atoms with Crippen LogP contribution in [-0.2, 0) is 0 Å². The predicted molar refractivity (Wildman–Crippen MR) is 56.5 cm³/mol. The van der Waals surface area contributed by atoms with Gasteiger partial charge in [0.25, 0.3) is 0 Å². The summed E-state index contributed by atoms with van der Waals surface area (Å²) in [5.74, 6) is 1.38. The molecule has 0 saturated heterocycles. The van der Waals surface area contributed by atoms with Crippen LogP contribution in [0.3, 0.4) is 0 Å². The Labute approximate surface area is 81.9 Å². The van der Waals surface area contributed by atoms with E-state index in [0.29, 0.717) is 18.4 Å². The smallest absolute Gasteiger partial charge is 0.0439 e. The van der Waals surface area contributed by atoms with Crippen LogP contribution in [0.25, 0.3) is 0 Å². The van der Waals surface area contributed by atoms with Crippen molar-refractivity contribution in [1.82, 2.24) is 0 Å². The summed E-state index contributed by atoms with van der Waals surface area (Å²) in [5.41, 5.74) is 1.58. The van der Waals surface area contributed by atoms with Gasteiger partial charge < -0.3 is 5.11 Å². The summed E-state index contributed by atoms with van der Waals surface area (Å²) in [7, 11) is 0. The number of hydrogen-bond acceptors (Lipinski definition) is 1. The van der Waals surface area contributed by atoms with Crippen molar-refractivity contribution in [3.05, 3.63) is 12.2 Å². The predicted octanol–water partition coefficient (Wildman–Crippen LogP) is 3.00. The molecule has 0 heterocycles. The lowest BCUT2D eigenvalue weighted by atomic mass is 9.78. The molecule has 2 atom stereocenters. The summed E-state index contributed by atoms with van der Waals surface area (Å²) in [4.78, 5) is 0. The first-order chi connectivity index (χ1) is 6.01. The Morgan fingerprint density at radius 1 is 1.62 bits per heavy atom. The van der Waals surface area contributed by atoms with E-state index >= 15 is 0 Å². The number of hydrogen-bond donors (Lipinski definition) is 1. The van der Waals surface area contributed by atoms with Crippen LogP contribution in [0.1, 0.15) is 40.0 Å². The Kier molecular flexibility index (Phi) is 3.18. The summed E-state index contributed by atoms with van der Waals surface area (Å²) in [6.07, 6.45) is 3.34. The van der Waals surface area contributed by atoms with E-state index in [2.05, 4.69) is 27.4 Å². The second kappa shape index (κ2) is 3.83. The molecular formula is C12H22O. The monoisotopic (exact) mass is 182 g/mol. The van der Waals surface area contributed by atoms with E-state index in [9.17, 15) is 0 Å². The van der Waals surface area contributed by atoms with Gasteiger partial charge in [0.05, 0.1) is 0 Å². The van der Waals surface area contributed by atoms with Gasteiger partial charge in [0.2, 0.25) is 0 Å². The summed E-state index contributed by atoms with van der Waals surface area (Å²) >= 11 is 0. The zero-order valence-electron chi connectivity index (χ0n) is 9.14. The molecule has 76 valence electrons. The van der Waals surface area contributed by atoms with E-state index in [-0.39, 0.29) is 5.41 Å². The minimum atomic E-state index is 0.212. The molecule has 0 amide bonds. The average Bonchev–Trinajstić information content (AvgIpc) is 2.30. The van der Waals surface area contributed by atoms with E-state index in [1.807, 2.05) is 0 Å². The molecule has 1 fully saturated rings. The van der Waals surface area contributed by atoms with Crippen LogP contribution in [-0.4, -0.2) is 11.7 Å². The first-order valence-corrected chi connectivity index (χ1v) is 5.31. The van der Waals surface area contributed by atoms with Gasteiger partial charge in [-0.3, -0.25) is 0 Å². The van der Waals surface area contributed by atoms with Crippen molar-refractivity contribution in [2.75, 3.05) is 6.61 Å². The second-order valence-corrected chi connectivity index (χ2v) is 4.95. The van der Waals surface area contributed by atoms with E-state index in [1.54, 1.807) is 0 Å². The molecular weight excluding hydrogens is 160 g/mol. The Morgan fingerprint density at radius 3 is 2.62 bits per heavy atom. The molecule has 0 radical (unpaired) electrons. The molecule has 0 unspecified atom stereocenters. The zero-order chi connectivity index (χ0) is 10.1. The molecule has 0 aromatic carbocycles. The Morgan fingerprint density at radius 2 is 2.23 bits per heavy atom. The van der Waals surface area contributed by atoms with Gasteiger partial charge in [0, 0.05) is 6.61 Å². The lowest BCUT2D eigenvalue weighted by Gasteiger charge is -2.27. The topological polar surface area (TPSA) is 20.2 Å². The third-order valence-electron chi connectivity index (χ3n) is 3.70. The fourth-order valence-electron chi connectivity index (χ4n) is 2.52. The standard InChI is InChI=1S/C12H22O/c1-9(2)11-5-6-12(4,7-8-13)10(11)3/h9,11,13H,3,5-8H2,1-2,4H3/t11-,12+/m0/s1. The third kappa shape index (κ3) is 1.96. The number of allylic oxidation sites excluding steroid dienone is 1. The van der Waals surface area contributed by atoms with Gasteiger partial charge in [-0.1, -0.05) is 32.9 Å². The quantitative estimate of drug-likeness (QED) is 0.665. The Bertz CT molecular complexity index is 195. The van der Waals surface area contributed by atoms with Crippen LogP contribution in [0, 0.1) is 17.3 Å². The first kappa shape index (κ1) is 10.8. The summed E-state index contributed by atoms with van der Waals surface area (Å²) in [5, 5.41) is 8.99. The van der Waals surface area contributed by atoms with Crippen LogP contribution < -0.4 is 0 Å². The summed E-state index contributed by atoms with van der Waals surface area (Å²) in [6.45, 7) is 11.3. The second-order valence-electron chi connectivity index (χ2n) is 4.95. The van der Waals surface area contributed by atoms with Crippen LogP contribution >= 0.6 is 0 Å². The number of aliphatic hydroxyl groups is 1. The largest absolute Gasteiger partial charge is 0.396 e. The normalized spacial score (nSPS) is 34.5. The molecule has 1 nitrogen and oxygen atoms in total. The molecule has 1 rings (SSSR count). The molecule has 0 spiro atoms. The molecule has 1 aliphatic rings. The molecule has 0 aromatic rings.